The van der Waals surface area contributed by atoms with Gasteiger partial charge in [0.15, 0.2) is 0 Å². The van der Waals surface area contributed by atoms with Gasteiger partial charge in [0.25, 0.3) is 5.91 Å². The third-order valence-corrected chi connectivity index (χ3v) is 7.80. The first-order valence-corrected chi connectivity index (χ1v) is 12.1. The van der Waals surface area contributed by atoms with Crippen molar-refractivity contribution in [2.45, 2.75) is 29.5 Å². The minimum absolute atomic E-state index is 0.277. The summed E-state index contributed by atoms with van der Waals surface area (Å²) in [6.07, 6.45) is 0. The van der Waals surface area contributed by atoms with Gasteiger partial charge in [0, 0.05) is 21.5 Å². The van der Waals surface area contributed by atoms with Gasteiger partial charge in [-0.1, -0.05) is 81.3 Å². The van der Waals surface area contributed by atoms with Gasteiger partial charge in [-0.05, 0) is 67.4 Å². The molecule has 3 aromatic carbocycles. The maximum Gasteiger partial charge on any atom is 0.255 e. The van der Waals surface area contributed by atoms with Crippen molar-refractivity contribution >= 4 is 75.5 Å². The number of rotatable bonds is 5. The summed E-state index contributed by atoms with van der Waals surface area (Å²) in [7, 11) is 0. The van der Waals surface area contributed by atoms with Crippen LogP contribution in [0.25, 0.3) is 0 Å². The number of halogens is 5. The number of alkyl halides is 2. The van der Waals surface area contributed by atoms with E-state index in [0.29, 0.717) is 32.4 Å². The van der Waals surface area contributed by atoms with E-state index in [1.165, 1.54) is 0 Å². The zero-order chi connectivity index (χ0) is 25.0. The molecule has 176 valence electrons. The quantitative estimate of drug-likeness (QED) is 0.326. The molecular formula is C25H19Cl5N2O2. The number of carbonyl (C=O) groups excluding carboxylic acids is 2. The number of nitrogens with two attached hydrogens (primary N) is 1. The average molecular weight is 557 g/mol. The molecule has 0 radical (unpaired) electrons. The lowest BCUT2D eigenvalue weighted by Crippen LogP contribution is -2.34. The molecule has 0 bridgehead atoms. The number of primary amides is 1. The van der Waals surface area contributed by atoms with Crippen LogP contribution in [0.5, 0.6) is 0 Å². The third-order valence-electron chi connectivity index (χ3n) is 6.00. The van der Waals surface area contributed by atoms with Crippen LogP contribution in [0.4, 0.5) is 5.69 Å². The predicted octanol–water partition coefficient (Wildman–Crippen LogP) is 7.21. The summed E-state index contributed by atoms with van der Waals surface area (Å²) in [4.78, 5) is 25.8. The van der Waals surface area contributed by atoms with Gasteiger partial charge in [-0.3, -0.25) is 9.59 Å². The number of amides is 2. The smallest absolute Gasteiger partial charge is 0.255 e. The topological polar surface area (TPSA) is 72.2 Å². The van der Waals surface area contributed by atoms with Crippen molar-refractivity contribution < 1.29 is 9.59 Å². The summed E-state index contributed by atoms with van der Waals surface area (Å²) in [5.41, 5.74) is 8.02. The average Bonchev–Trinajstić information content (AvgIpc) is 3.25. The highest BCUT2D eigenvalue weighted by atomic mass is 35.5. The van der Waals surface area contributed by atoms with E-state index in [4.69, 9.17) is 63.7 Å². The molecule has 0 aromatic heterocycles. The van der Waals surface area contributed by atoms with Crippen LogP contribution >= 0.6 is 58.0 Å². The van der Waals surface area contributed by atoms with Crippen molar-refractivity contribution in [2.24, 2.45) is 5.73 Å². The Balaban J connectivity index is 1.76. The Kier molecular flexibility index (Phi) is 6.60. The first-order chi connectivity index (χ1) is 15.9. The second-order valence-corrected chi connectivity index (χ2v) is 11.1. The molecule has 0 spiro atoms. The molecule has 1 fully saturated rings. The standard InChI is InChI=1S/C25H19Cl5N2O2/c1-12-5-13(2)7-15(6-12)22(33)32-20-10-16(3-4-19(20)28)24(23(31)34)21(25(24,29)30)14-8-17(26)11-18(27)9-14/h3-11,21H,1-2H3,(H2,31,34)(H,32,33). The second kappa shape index (κ2) is 8.92. The summed E-state index contributed by atoms with van der Waals surface area (Å²) in [6.45, 7) is 3.81. The Morgan fingerprint density at radius 3 is 2.03 bits per heavy atom. The van der Waals surface area contributed by atoms with Crippen molar-refractivity contribution in [2.75, 3.05) is 5.32 Å². The number of hydrogen-bond acceptors (Lipinski definition) is 2. The molecule has 2 unspecified atom stereocenters. The molecule has 4 nitrogen and oxygen atoms in total. The number of anilines is 1. The number of aryl methyl sites for hydroxylation is 2. The summed E-state index contributed by atoms with van der Waals surface area (Å²) in [5.74, 6) is -1.80. The van der Waals surface area contributed by atoms with Crippen LogP contribution in [-0.4, -0.2) is 16.1 Å². The zero-order valence-corrected chi connectivity index (χ0v) is 21.8. The zero-order valence-electron chi connectivity index (χ0n) is 18.1. The Labute approximate surface area is 222 Å². The molecule has 0 heterocycles. The van der Waals surface area contributed by atoms with Crippen molar-refractivity contribution in [3.05, 3.63) is 97.5 Å². The SMILES string of the molecule is Cc1cc(C)cc(C(=O)Nc2cc(C3(C(N)=O)C(c4cc(Cl)cc(Cl)c4)C3(Cl)Cl)ccc2Cl)c1. The van der Waals surface area contributed by atoms with E-state index >= 15 is 0 Å². The van der Waals surface area contributed by atoms with Gasteiger partial charge < -0.3 is 11.1 Å². The maximum absolute atomic E-state index is 12.9. The highest BCUT2D eigenvalue weighted by Gasteiger charge is 2.80. The molecule has 1 aliphatic carbocycles. The van der Waals surface area contributed by atoms with Crippen molar-refractivity contribution in [3.63, 3.8) is 0 Å². The highest BCUT2D eigenvalue weighted by molar-refractivity contribution is 6.55. The molecule has 0 aliphatic heterocycles. The van der Waals surface area contributed by atoms with Gasteiger partial charge in [0.05, 0.1) is 10.7 Å². The summed E-state index contributed by atoms with van der Waals surface area (Å²) in [6, 6.07) is 15.1. The third kappa shape index (κ3) is 4.16. The monoisotopic (exact) mass is 554 g/mol. The molecule has 3 aromatic rings. The minimum atomic E-state index is -1.57. The fourth-order valence-electron chi connectivity index (χ4n) is 4.58. The molecule has 9 heteroatoms. The highest BCUT2D eigenvalue weighted by Crippen LogP contribution is 2.74. The van der Waals surface area contributed by atoms with Crippen molar-refractivity contribution in [1.82, 2.24) is 0 Å². The van der Waals surface area contributed by atoms with Crippen LogP contribution in [0.2, 0.25) is 15.1 Å². The van der Waals surface area contributed by atoms with Crippen molar-refractivity contribution in [1.29, 1.82) is 0 Å². The van der Waals surface area contributed by atoms with Crippen LogP contribution in [0.15, 0.2) is 54.6 Å². The molecule has 34 heavy (non-hydrogen) atoms. The first kappa shape index (κ1) is 25.2. The van der Waals surface area contributed by atoms with E-state index in [9.17, 15) is 9.59 Å². The van der Waals surface area contributed by atoms with Gasteiger partial charge >= 0.3 is 0 Å². The second-order valence-electron chi connectivity index (χ2n) is 8.46. The van der Waals surface area contributed by atoms with Gasteiger partial charge in [0.1, 0.15) is 9.75 Å². The molecule has 1 aliphatic rings. The normalized spacial score (nSPS) is 20.6. The van der Waals surface area contributed by atoms with Crippen LogP contribution < -0.4 is 11.1 Å². The summed E-state index contributed by atoms with van der Waals surface area (Å²) < 4.78 is -1.57. The largest absolute Gasteiger partial charge is 0.369 e. The van der Waals surface area contributed by atoms with Crippen LogP contribution in [0.1, 0.15) is 38.5 Å². The van der Waals surface area contributed by atoms with Gasteiger partial charge in [-0.25, -0.2) is 0 Å². The lowest BCUT2D eigenvalue weighted by atomic mass is 9.89. The Hall–Kier alpha value is -1.95. The van der Waals surface area contributed by atoms with Crippen LogP contribution in [0, 0.1) is 13.8 Å². The Morgan fingerprint density at radius 2 is 1.47 bits per heavy atom. The number of carbonyl (C=O) groups is 2. The molecule has 0 saturated heterocycles. The fraction of sp³-hybridized carbons (Fsp3) is 0.200. The summed E-state index contributed by atoms with van der Waals surface area (Å²) in [5, 5.41) is 3.83. The predicted molar refractivity (Wildman–Crippen MR) is 140 cm³/mol. The first-order valence-electron chi connectivity index (χ1n) is 10.2. The van der Waals surface area contributed by atoms with E-state index in [1.807, 2.05) is 19.9 Å². The number of benzene rings is 3. The Bertz CT molecular complexity index is 1300. The van der Waals surface area contributed by atoms with E-state index in [0.717, 1.165) is 11.1 Å². The molecule has 2 amide bonds. The van der Waals surface area contributed by atoms with Crippen molar-refractivity contribution in [3.8, 4) is 0 Å². The summed E-state index contributed by atoms with van der Waals surface area (Å²) >= 11 is 32.1. The van der Waals surface area contributed by atoms with E-state index in [2.05, 4.69) is 5.32 Å². The molecular weight excluding hydrogens is 538 g/mol. The van der Waals surface area contributed by atoms with Gasteiger partial charge in [-0.15, -0.1) is 0 Å². The lowest BCUT2D eigenvalue weighted by Gasteiger charge is -2.18. The molecule has 4 rings (SSSR count). The number of hydrogen-bond donors (Lipinski definition) is 2. The molecule has 1 saturated carbocycles. The van der Waals surface area contributed by atoms with Crippen LogP contribution in [0.3, 0.4) is 0 Å². The number of nitrogens with one attached hydrogen (secondary N) is 1. The fourth-order valence-corrected chi connectivity index (χ4v) is 6.38. The molecule has 3 N–H and O–H groups in total. The lowest BCUT2D eigenvalue weighted by molar-refractivity contribution is -0.120. The maximum atomic E-state index is 12.9. The van der Waals surface area contributed by atoms with Gasteiger partial charge in [-0.2, -0.15) is 0 Å². The molecule has 2 atom stereocenters. The Morgan fingerprint density at radius 1 is 0.882 bits per heavy atom. The van der Waals surface area contributed by atoms with Gasteiger partial charge in [0.2, 0.25) is 5.91 Å². The minimum Gasteiger partial charge on any atom is -0.369 e. The van der Waals surface area contributed by atoms with E-state index in [1.54, 1.807) is 48.5 Å². The van der Waals surface area contributed by atoms with E-state index < -0.39 is 21.6 Å². The van der Waals surface area contributed by atoms with Crippen LogP contribution in [-0.2, 0) is 10.2 Å². The van der Waals surface area contributed by atoms with E-state index in [-0.39, 0.29) is 10.9 Å².